The van der Waals surface area contributed by atoms with E-state index in [9.17, 15) is 13.2 Å². The van der Waals surface area contributed by atoms with E-state index in [1.165, 1.54) is 12.1 Å². The van der Waals surface area contributed by atoms with E-state index in [1.807, 2.05) is 23.1 Å². The van der Waals surface area contributed by atoms with Gasteiger partial charge in [-0.25, -0.2) is 9.88 Å². The molecule has 4 N–H and O–H groups in total. The van der Waals surface area contributed by atoms with Gasteiger partial charge in [0.15, 0.2) is 0 Å². The van der Waals surface area contributed by atoms with Crippen molar-refractivity contribution < 1.29 is 22.6 Å². The summed E-state index contributed by atoms with van der Waals surface area (Å²) in [6.45, 7) is 2.72. The summed E-state index contributed by atoms with van der Waals surface area (Å²) in [5, 5.41) is 0.351. The van der Waals surface area contributed by atoms with Crippen molar-refractivity contribution in [2.75, 3.05) is 25.2 Å². The molecule has 3 aromatic rings. The Bertz CT molecular complexity index is 1460. The molecule has 1 aliphatic carbocycles. The molecule has 6 rings (SSSR count). The second-order valence-electron chi connectivity index (χ2n) is 10.8. The number of anilines is 1. The summed E-state index contributed by atoms with van der Waals surface area (Å²) in [6.07, 6.45) is -0.0440. The van der Waals surface area contributed by atoms with Crippen LogP contribution in [-0.2, 0) is 10.9 Å². The highest BCUT2D eigenvalue weighted by Gasteiger charge is 2.47. The van der Waals surface area contributed by atoms with Crippen LogP contribution in [0.5, 0.6) is 5.75 Å². The molecule has 0 spiro atoms. The third-order valence-corrected chi connectivity index (χ3v) is 8.59. The Morgan fingerprint density at radius 2 is 1.85 bits per heavy atom. The van der Waals surface area contributed by atoms with E-state index < -0.39 is 24.2 Å². The molecule has 2 aromatic carbocycles. The molecule has 1 aromatic heterocycles. The Hall–Kier alpha value is -3.09. The normalized spacial score (nSPS) is 24.4. The lowest BCUT2D eigenvalue weighted by molar-refractivity contribution is -0.137. The predicted molar refractivity (Wildman–Crippen MR) is 150 cm³/mol. The highest BCUT2D eigenvalue weighted by molar-refractivity contribution is 6.29. The Morgan fingerprint density at radius 1 is 1.12 bits per heavy atom. The number of alkyl halides is 3. The van der Waals surface area contributed by atoms with Gasteiger partial charge in [0.05, 0.1) is 37.7 Å². The zero-order valence-corrected chi connectivity index (χ0v) is 23.4. The van der Waals surface area contributed by atoms with E-state index in [2.05, 4.69) is 16.8 Å². The summed E-state index contributed by atoms with van der Waals surface area (Å²) in [5.74, 6) is 0.685. The monoisotopic (exact) mass is 588 g/mol. The van der Waals surface area contributed by atoms with Gasteiger partial charge in [-0.3, -0.25) is 5.73 Å². The molecule has 3 aliphatic rings. The molecule has 2 aliphatic heterocycles. The van der Waals surface area contributed by atoms with Crippen LogP contribution in [0.1, 0.15) is 36.8 Å². The summed E-state index contributed by atoms with van der Waals surface area (Å²) in [5.41, 5.74) is 17.1. The standard InChI is InChI=1S/C29H32ClF3N6O2/c1-16(17-3-4-17)38-27(34)22-14-41-13-21(18-5-7-19(8-6-18)29(31,32)33)26(22)39(28(38)35)20-9-10-23(24(11-20)40-2)37-12-25(30)36-15-37/h5-12,15-17,21,27-28H,3-4,13-14,34-35H2,1-2H3/t16-,21?,27?,28?/m1/s1. The van der Waals surface area contributed by atoms with Crippen molar-refractivity contribution >= 4 is 17.3 Å². The molecular weight excluding hydrogens is 557 g/mol. The molecule has 0 radical (unpaired) electrons. The highest BCUT2D eigenvalue weighted by atomic mass is 35.5. The molecule has 41 heavy (non-hydrogen) atoms. The van der Waals surface area contributed by atoms with Gasteiger partial charge in [0, 0.05) is 41.2 Å². The molecule has 8 nitrogen and oxygen atoms in total. The number of methoxy groups -OCH3 is 1. The van der Waals surface area contributed by atoms with Gasteiger partial charge in [0.1, 0.15) is 23.5 Å². The van der Waals surface area contributed by atoms with Crippen molar-refractivity contribution in [3.8, 4) is 11.4 Å². The third-order valence-electron chi connectivity index (χ3n) is 8.39. The van der Waals surface area contributed by atoms with Crippen molar-refractivity contribution in [3.05, 3.63) is 82.5 Å². The van der Waals surface area contributed by atoms with E-state index in [-0.39, 0.29) is 18.6 Å². The number of nitrogens with zero attached hydrogens (tertiary/aromatic N) is 4. The minimum absolute atomic E-state index is 0.122. The molecule has 1 saturated carbocycles. The van der Waals surface area contributed by atoms with Gasteiger partial charge in [-0.05, 0) is 55.5 Å². The number of hydrogen-bond acceptors (Lipinski definition) is 7. The quantitative estimate of drug-likeness (QED) is 0.415. The average molecular weight is 589 g/mol. The first-order valence-electron chi connectivity index (χ1n) is 13.5. The first-order valence-corrected chi connectivity index (χ1v) is 13.9. The second-order valence-corrected chi connectivity index (χ2v) is 11.2. The first kappa shape index (κ1) is 28.0. The SMILES string of the molecule is COc1cc(N2C3=C(COCC3c3ccc(C(F)(F)F)cc3)C(N)N([C@H](C)C3CC3)C2N)ccc1-n1cnc(Cl)c1. The minimum Gasteiger partial charge on any atom is -0.494 e. The van der Waals surface area contributed by atoms with Gasteiger partial charge in [-0.2, -0.15) is 13.2 Å². The molecule has 0 saturated heterocycles. The molecular formula is C29H32ClF3N6O2. The largest absolute Gasteiger partial charge is 0.494 e. The molecule has 3 unspecified atom stereocenters. The summed E-state index contributed by atoms with van der Waals surface area (Å²) in [4.78, 5) is 8.26. The zero-order chi connectivity index (χ0) is 29.1. The third kappa shape index (κ3) is 5.10. The van der Waals surface area contributed by atoms with Crippen LogP contribution in [0.25, 0.3) is 5.69 Å². The highest BCUT2D eigenvalue weighted by Crippen LogP contribution is 2.46. The van der Waals surface area contributed by atoms with Crippen molar-refractivity contribution in [1.82, 2.24) is 14.5 Å². The van der Waals surface area contributed by atoms with Crippen LogP contribution < -0.4 is 21.1 Å². The Labute approximate surface area is 241 Å². The summed E-state index contributed by atoms with van der Waals surface area (Å²) < 4.78 is 53.5. The average Bonchev–Trinajstić information content (AvgIpc) is 3.72. The van der Waals surface area contributed by atoms with Crippen molar-refractivity contribution in [1.29, 1.82) is 0 Å². The Morgan fingerprint density at radius 3 is 2.46 bits per heavy atom. The summed E-state index contributed by atoms with van der Waals surface area (Å²) in [7, 11) is 1.58. The van der Waals surface area contributed by atoms with Crippen LogP contribution in [-0.4, -0.2) is 53.3 Å². The van der Waals surface area contributed by atoms with Gasteiger partial charge in [-0.15, -0.1) is 0 Å². The Balaban J connectivity index is 1.48. The number of rotatable bonds is 6. The van der Waals surface area contributed by atoms with Crippen molar-refractivity contribution in [2.24, 2.45) is 17.4 Å². The molecule has 1 fully saturated rings. The van der Waals surface area contributed by atoms with E-state index in [0.29, 0.717) is 29.0 Å². The number of halogens is 4. The lowest BCUT2D eigenvalue weighted by Gasteiger charge is -2.53. The van der Waals surface area contributed by atoms with Crippen LogP contribution in [0.2, 0.25) is 5.15 Å². The van der Waals surface area contributed by atoms with Gasteiger partial charge >= 0.3 is 6.18 Å². The number of nitrogens with two attached hydrogens (primary N) is 2. The van der Waals surface area contributed by atoms with Crippen molar-refractivity contribution in [2.45, 2.75) is 50.4 Å². The smallest absolute Gasteiger partial charge is 0.416 e. The fraction of sp³-hybridized carbons (Fsp3) is 0.414. The maximum atomic E-state index is 13.3. The molecule has 3 heterocycles. The minimum atomic E-state index is -4.43. The van der Waals surface area contributed by atoms with Gasteiger partial charge in [0.2, 0.25) is 0 Å². The maximum Gasteiger partial charge on any atom is 0.416 e. The second kappa shape index (κ2) is 10.6. The van der Waals surface area contributed by atoms with Gasteiger partial charge in [0.25, 0.3) is 0 Å². The van der Waals surface area contributed by atoms with Crippen LogP contribution in [0.4, 0.5) is 18.9 Å². The van der Waals surface area contributed by atoms with E-state index in [4.69, 9.17) is 32.5 Å². The number of aromatic nitrogens is 2. The maximum absolute atomic E-state index is 13.3. The van der Waals surface area contributed by atoms with Crippen molar-refractivity contribution in [3.63, 3.8) is 0 Å². The Kier molecular flexibility index (Phi) is 7.27. The van der Waals surface area contributed by atoms with Crippen LogP contribution >= 0.6 is 11.6 Å². The topological polar surface area (TPSA) is 94.8 Å². The number of benzene rings is 2. The molecule has 0 bridgehead atoms. The summed E-state index contributed by atoms with van der Waals surface area (Å²) in [6, 6.07) is 11.1. The van der Waals surface area contributed by atoms with Crippen LogP contribution in [0.3, 0.4) is 0 Å². The van der Waals surface area contributed by atoms with E-state index in [0.717, 1.165) is 47.6 Å². The number of ether oxygens (including phenoxy) is 2. The summed E-state index contributed by atoms with van der Waals surface area (Å²) >= 11 is 6.06. The fourth-order valence-corrected chi connectivity index (χ4v) is 6.22. The fourth-order valence-electron chi connectivity index (χ4n) is 6.07. The van der Waals surface area contributed by atoms with E-state index >= 15 is 0 Å². The number of imidazole rings is 1. The lowest BCUT2D eigenvalue weighted by Crippen LogP contribution is -2.68. The van der Waals surface area contributed by atoms with Gasteiger partial charge < -0.3 is 24.7 Å². The number of hydrogen-bond donors (Lipinski definition) is 2. The first-order chi connectivity index (χ1) is 19.6. The zero-order valence-electron chi connectivity index (χ0n) is 22.7. The predicted octanol–water partition coefficient (Wildman–Crippen LogP) is 5.07. The molecule has 218 valence electrons. The van der Waals surface area contributed by atoms with Gasteiger partial charge in [-0.1, -0.05) is 23.7 Å². The molecule has 12 heteroatoms. The van der Waals surface area contributed by atoms with E-state index in [1.54, 1.807) is 24.2 Å². The van der Waals surface area contributed by atoms with Crippen LogP contribution in [0, 0.1) is 5.92 Å². The molecule has 4 atom stereocenters. The lowest BCUT2D eigenvalue weighted by atomic mass is 9.87. The molecule has 0 amide bonds. The van der Waals surface area contributed by atoms with Crippen LogP contribution in [0.15, 0.2) is 66.3 Å².